The van der Waals surface area contributed by atoms with E-state index in [4.69, 9.17) is 0 Å². The van der Waals surface area contributed by atoms with Crippen LogP contribution >= 0.6 is 0 Å². The highest BCUT2D eigenvalue weighted by Gasteiger charge is 2.12. The molecule has 3 rings (SSSR count). The van der Waals surface area contributed by atoms with E-state index in [1.54, 1.807) is 0 Å². The first-order chi connectivity index (χ1) is 9.42. The van der Waals surface area contributed by atoms with Gasteiger partial charge in [-0.2, -0.15) is 5.10 Å². The summed E-state index contributed by atoms with van der Waals surface area (Å²) in [6.07, 6.45) is 10.9. The zero-order valence-electron chi connectivity index (χ0n) is 11.3. The highest BCUT2D eigenvalue weighted by atomic mass is 15.3. The van der Waals surface area contributed by atoms with Crippen LogP contribution in [0.5, 0.6) is 0 Å². The van der Waals surface area contributed by atoms with Crippen molar-refractivity contribution in [3.05, 3.63) is 48.3 Å². The Hall–Kier alpha value is -1.61. The summed E-state index contributed by atoms with van der Waals surface area (Å²) in [7, 11) is 0. The first-order valence-electron chi connectivity index (χ1n) is 7.24. The van der Waals surface area contributed by atoms with Gasteiger partial charge in [-0.05, 0) is 25.0 Å². The molecule has 2 aromatic rings. The smallest absolute Gasteiger partial charge is 0.0645 e. The van der Waals surface area contributed by atoms with Gasteiger partial charge in [0.25, 0.3) is 0 Å². The largest absolute Gasteiger partial charge is 0.310 e. The van der Waals surface area contributed by atoms with Crippen molar-refractivity contribution in [3.63, 3.8) is 0 Å². The lowest BCUT2D eigenvalue weighted by Gasteiger charge is -2.22. The number of para-hydroxylation sites is 1. The van der Waals surface area contributed by atoms with Crippen LogP contribution in [0.4, 0.5) is 0 Å². The maximum absolute atomic E-state index is 4.43. The molecule has 1 saturated carbocycles. The lowest BCUT2D eigenvalue weighted by atomic mass is 9.95. The van der Waals surface area contributed by atoms with Gasteiger partial charge in [0.2, 0.25) is 0 Å². The van der Waals surface area contributed by atoms with Crippen LogP contribution in [0.2, 0.25) is 0 Å². The van der Waals surface area contributed by atoms with Crippen molar-refractivity contribution in [2.24, 2.45) is 0 Å². The monoisotopic (exact) mass is 255 g/mol. The van der Waals surface area contributed by atoms with Gasteiger partial charge in [-0.25, -0.2) is 4.68 Å². The molecule has 1 heterocycles. The number of nitrogens with zero attached hydrogens (tertiary/aromatic N) is 2. The molecule has 1 aromatic carbocycles. The minimum Gasteiger partial charge on any atom is -0.310 e. The van der Waals surface area contributed by atoms with Gasteiger partial charge in [-0.3, -0.25) is 0 Å². The first kappa shape index (κ1) is 12.4. The number of hydrogen-bond acceptors (Lipinski definition) is 2. The van der Waals surface area contributed by atoms with Gasteiger partial charge in [0.05, 0.1) is 11.9 Å². The van der Waals surface area contributed by atoms with Crippen LogP contribution < -0.4 is 5.32 Å². The summed E-state index contributed by atoms with van der Waals surface area (Å²) in [5, 5.41) is 8.08. The lowest BCUT2D eigenvalue weighted by Crippen LogP contribution is -2.30. The topological polar surface area (TPSA) is 29.9 Å². The Morgan fingerprint density at radius 1 is 1.11 bits per heavy atom. The molecule has 100 valence electrons. The number of nitrogens with one attached hydrogen (secondary N) is 1. The molecule has 1 N–H and O–H groups in total. The maximum Gasteiger partial charge on any atom is 0.0645 e. The Kier molecular flexibility index (Phi) is 3.94. The molecule has 1 fully saturated rings. The van der Waals surface area contributed by atoms with E-state index in [9.17, 15) is 0 Å². The molecule has 0 atom stereocenters. The van der Waals surface area contributed by atoms with Crippen LogP contribution in [-0.2, 0) is 6.54 Å². The Morgan fingerprint density at radius 3 is 2.68 bits per heavy atom. The number of rotatable bonds is 4. The van der Waals surface area contributed by atoms with Gasteiger partial charge in [-0.15, -0.1) is 0 Å². The Balaban J connectivity index is 1.59. The predicted octanol–water partition coefficient (Wildman–Crippen LogP) is 3.29. The summed E-state index contributed by atoms with van der Waals surface area (Å²) in [5.74, 6) is 0. The summed E-state index contributed by atoms with van der Waals surface area (Å²) >= 11 is 0. The molecule has 0 amide bonds. The minimum atomic E-state index is 0.703. The standard InChI is InChI=1S/C16H21N3/c1-3-7-15(8-4-1)17-11-14-12-18-19(13-14)16-9-5-2-6-10-16/h2,5-6,9-10,12-13,15,17H,1,3-4,7-8,11H2. The maximum atomic E-state index is 4.43. The third kappa shape index (κ3) is 3.24. The van der Waals surface area contributed by atoms with E-state index >= 15 is 0 Å². The molecule has 19 heavy (non-hydrogen) atoms. The van der Waals surface area contributed by atoms with E-state index in [1.807, 2.05) is 29.1 Å². The molecule has 0 unspecified atom stereocenters. The zero-order chi connectivity index (χ0) is 12.9. The minimum absolute atomic E-state index is 0.703. The Bertz CT molecular complexity index is 498. The lowest BCUT2D eigenvalue weighted by molar-refractivity contribution is 0.372. The third-order valence-corrected chi connectivity index (χ3v) is 3.86. The molecule has 1 aliphatic carbocycles. The molecule has 0 aliphatic heterocycles. The van der Waals surface area contributed by atoms with Crippen molar-refractivity contribution in [3.8, 4) is 5.69 Å². The normalized spacial score (nSPS) is 16.6. The predicted molar refractivity (Wildman–Crippen MR) is 77.3 cm³/mol. The van der Waals surface area contributed by atoms with E-state index < -0.39 is 0 Å². The van der Waals surface area contributed by atoms with Gasteiger partial charge in [0.1, 0.15) is 0 Å². The quantitative estimate of drug-likeness (QED) is 0.908. The van der Waals surface area contributed by atoms with Gasteiger partial charge in [0, 0.05) is 24.3 Å². The number of aromatic nitrogens is 2. The van der Waals surface area contributed by atoms with Crippen LogP contribution in [0.3, 0.4) is 0 Å². The highest BCUT2D eigenvalue weighted by molar-refractivity contribution is 5.30. The summed E-state index contributed by atoms with van der Waals surface area (Å²) in [6.45, 7) is 0.928. The second-order valence-corrected chi connectivity index (χ2v) is 5.34. The van der Waals surface area contributed by atoms with Crippen molar-refractivity contribution in [2.75, 3.05) is 0 Å². The summed E-state index contributed by atoms with van der Waals surface area (Å²) in [6, 6.07) is 11.0. The Labute approximate surface area is 114 Å². The molecule has 0 spiro atoms. The van der Waals surface area contributed by atoms with Gasteiger partial charge >= 0.3 is 0 Å². The van der Waals surface area contributed by atoms with Crippen molar-refractivity contribution in [2.45, 2.75) is 44.7 Å². The average molecular weight is 255 g/mol. The fourth-order valence-corrected chi connectivity index (χ4v) is 2.74. The zero-order valence-corrected chi connectivity index (χ0v) is 11.3. The van der Waals surface area contributed by atoms with Crippen LogP contribution in [-0.4, -0.2) is 15.8 Å². The van der Waals surface area contributed by atoms with E-state index in [-0.39, 0.29) is 0 Å². The molecule has 3 nitrogen and oxygen atoms in total. The third-order valence-electron chi connectivity index (χ3n) is 3.86. The average Bonchev–Trinajstić information content (AvgIpc) is 2.96. The van der Waals surface area contributed by atoms with Crippen molar-refractivity contribution < 1.29 is 0 Å². The molecular weight excluding hydrogens is 234 g/mol. The fraction of sp³-hybridized carbons (Fsp3) is 0.438. The summed E-state index contributed by atoms with van der Waals surface area (Å²) < 4.78 is 1.94. The van der Waals surface area contributed by atoms with E-state index in [2.05, 4.69) is 28.7 Å². The highest BCUT2D eigenvalue weighted by Crippen LogP contribution is 2.18. The molecule has 3 heteroatoms. The second kappa shape index (κ2) is 6.02. The van der Waals surface area contributed by atoms with Gasteiger partial charge in [0.15, 0.2) is 0 Å². The van der Waals surface area contributed by atoms with Crippen LogP contribution in [0, 0.1) is 0 Å². The van der Waals surface area contributed by atoms with E-state index in [0.29, 0.717) is 6.04 Å². The molecule has 0 bridgehead atoms. The molecule has 0 radical (unpaired) electrons. The van der Waals surface area contributed by atoms with Crippen molar-refractivity contribution in [1.29, 1.82) is 0 Å². The van der Waals surface area contributed by atoms with Gasteiger partial charge in [-0.1, -0.05) is 37.5 Å². The molecular formula is C16H21N3. The van der Waals surface area contributed by atoms with E-state index in [0.717, 1.165) is 12.2 Å². The molecule has 1 aliphatic rings. The Morgan fingerprint density at radius 2 is 1.89 bits per heavy atom. The summed E-state index contributed by atoms with van der Waals surface area (Å²) in [5.41, 5.74) is 2.38. The van der Waals surface area contributed by atoms with Crippen molar-refractivity contribution in [1.82, 2.24) is 15.1 Å². The van der Waals surface area contributed by atoms with Crippen LogP contribution in [0.15, 0.2) is 42.7 Å². The number of benzene rings is 1. The second-order valence-electron chi connectivity index (χ2n) is 5.34. The summed E-state index contributed by atoms with van der Waals surface area (Å²) in [4.78, 5) is 0. The van der Waals surface area contributed by atoms with E-state index in [1.165, 1.54) is 37.7 Å². The first-order valence-corrected chi connectivity index (χ1v) is 7.24. The van der Waals surface area contributed by atoms with Crippen molar-refractivity contribution >= 4 is 0 Å². The molecule has 1 aromatic heterocycles. The fourth-order valence-electron chi connectivity index (χ4n) is 2.74. The number of hydrogen-bond donors (Lipinski definition) is 1. The molecule has 0 saturated heterocycles. The SMILES string of the molecule is c1ccc(-n2cc(CNC3CCCCC3)cn2)cc1. The van der Waals surface area contributed by atoms with Gasteiger partial charge < -0.3 is 5.32 Å². The van der Waals surface area contributed by atoms with Crippen LogP contribution in [0.25, 0.3) is 5.69 Å². The van der Waals surface area contributed by atoms with Crippen LogP contribution in [0.1, 0.15) is 37.7 Å².